The Bertz CT molecular complexity index is 1100. The quantitative estimate of drug-likeness (QED) is 0.545. The smallest absolute Gasteiger partial charge is 0.240 e. The van der Waals surface area contributed by atoms with Gasteiger partial charge >= 0.3 is 0 Å². The Labute approximate surface area is 192 Å². The summed E-state index contributed by atoms with van der Waals surface area (Å²) in [6.45, 7) is 8.76. The zero-order chi connectivity index (χ0) is 22.7. The molecule has 1 aromatic heterocycles. The first kappa shape index (κ1) is 22.2. The number of amides is 1. The lowest BCUT2D eigenvalue weighted by atomic mass is 10.0. The summed E-state index contributed by atoms with van der Waals surface area (Å²) in [4.78, 5) is 13.5. The Balaban J connectivity index is 1.66. The van der Waals surface area contributed by atoms with E-state index in [0.717, 1.165) is 46.8 Å². The third-order valence-corrected chi connectivity index (χ3v) is 6.86. The zero-order valence-corrected chi connectivity index (χ0v) is 19.7. The highest BCUT2D eigenvalue weighted by Crippen LogP contribution is 2.38. The van der Waals surface area contributed by atoms with Crippen molar-refractivity contribution in [3.05, 3.63) is 65.0 Å². The van der Waals surface area contributed by atoms with Gasteiger partial charge in [-0.3, -0.25) is 4.79 Å². The summed E-state index contributed by atoms with van der Waals surface area (Å²) in [6, 6.07) is 13.6. The number of benzene rings is 2. The van der Waals surface area contributed by atoms with E-state index in [1.165, 1.54) is 11.8 Å². The van der Waals surface area contributed by atoms with Crippen LogP contribution in [0.2, 0.25) is 0 Å². The Morgan fingerprint density at radius 2 is 1.94 bits per heavy atom. The lowest BCUT2D eigenvalue weighted by molar-refractivity contribution is -0.116. The molecule has 7 nitrogen and oxygen atoms in total. The van der Waals surface area contributed by atoms with Crippen LogP contribution in [-0.2, 0) is 11.2 Å². The summed E-state index contributed by atoms with van der Waals surface area (Å²) in [5, 5.41) is 12.1. The van der Waals surface area contributed by atoms with Crippen molar-refractivity contribution in [2.45, 2.75) is 57.0 Å². The van der Waals surface area contributed by atoms with E-state index in [1.807, 2.05) is 67.9 Å². The van der Waals surface area contributed by atoms with Crippen LogP contribution in [0.1, 0.15) is 48.8 Å². The number of anilines is 1. The number of carbonyl (C=O) groups is 1. The first-order chi connectivity index (χ1) is 15.5. The van der Waals surface area contributed by atoms with Gasteiger partial charge in [0, 0.05) is 12.1 Å². The fraction of sp³-hybridized carbons (Fsp3) is 0.375. The first-order valence-electron chi connectivity index (χ1n) is 11.0. The van der Waals surface area contributed by atoms with Crippen molar-refractivity contribution in [1.82, 2.24) is 14.9 Å². The Hall–Kier alpha value is -3.00. The monoisotopic (exact) mass is 451 g/mol. The van der Waals surface area contributed by atoms with Gasteiger partial charge in [-0.2, -0.15) is 0 Å². The van der Waals surface area contributed by atoms with E-state index < -0.39 is 5.25 Å². The highest BCUT2D eigenvalue weighted by atomic mass is 32.2. The minimum Gasteiger partial charge on any atom is -0.494 e. The minimum absolute atomic E-state index is 0.0682. The summed E-state index contributed by atoms with van der Waals surface area (Å²) >= 11 is 1.44. The largest absolute Gasteiger partial charge is 0.494 e. The van der Waals surface area contributed by atoms with Gasteiger partial charge in [-0.05, 0) is 62.1 Å². The van der Waals surface area contributed by atoms with Crippen LogP contribution in [0.4, 0.5) is 5.69 Å². The number of carbonyl (C=O) groups excluding carboxylic acids is 1. The Morgan fingerprint density at radius 3 is 2.66 bits per heavy atom. The van der Waals surface area contributed by atoms with Gasteiger partial charge in [-0.15, -0.1) is 10.2 Å². The predicted octanol–water partition coefficient (Wildman–Crippen LogP) is 4.64. The third-order valence-electron chi connectivity index (χ3n) is 5.65. The van der Waals surface area contributed by atoms with Crippen molar-refractivity contribution in [3.8, 4) is 5.75 Å². The normalized spacial score (nSPS) is 17.4. The van der Waals surface area contributed by atoms with Crippen LogP contribution >= 0.6 is 11.8 Å². The molecule has 8 heteroatoms. The fourth-order valence-electron chi connectivity index (χ4n) is 3.76. The van der Waals surface area contributed by atoms with Crippen molar-refractivity contribution in [1.29, 1.82) is 0 Å². The molecule has 2 atom stereocenters. The van der Waals surface area contributed by atoms with E-state index in [2.05, 4.69) is 27.9 Å². The van der Waals surface area contributed by atoms with Crippen molar-refractivity contribution >= 4 is 23.4 Å². The molecule has 0 saturated carbocycles. The number of nitrogens with one attached hydrogen (secondary N) is 2. The standard InChI is InChI=1S/C24H29N5O2S/c1-5-8-20-26-27-24-29(20)28-21(17-11-13-18(14-12-17)31-6-2)22(32-24)23(30)25-19-10-7-9-15(3)16(19)4/h7,9-14,21-22,28H,5-6,8H2,1-4H3,(H,25,30)/t21-,22+/m1/s1. The molecule has 0 bridgehead atoms. The molecule has 0 saturated heterocycles. The van der Waals surface area contributed by atoms with Gasteiger partial charge < -0.3 is 15.5 Å². The highest BCUT2D eigenvalue weighted by Gasteiger charge is 2.38. The number of hydrogen-bond acceptors (Lipinski definition) is 6. The zero-order valence-electron chi connectivity index (χ0n) is 18.9. The molecule has 32 heavy (non-hydrogen) atoms. The minimum atomic E-state index is -0.418. The maximum absolute atomic E-state index is 13.5. The molecule has 0 unspecified atom stereocenters. The van der Waals surface area contributed by atoms with Crippen molar-refractivity contribution in [2.24, 2.45) is 0 Å². The van der Waals surface area contributed by atoms with E-state index in [0.29, 0.717) is 11.8 Å². The number of fused-ring (bicyclic) bond motifs is 1. The van der Waals surface area contributed by atoms with Gasteiger partial charge in [-0.25, -0.2) is 4.68 Å². The molecule has 1 aliphatic rings. The van der Waals surface area contributed by atoms with Gasteiger partial charge in [0.1, 0.15) is 11.0 Å². The van der Waals surface area contributed by atoms with E-state index in [1.54, 1.807) is 0 Å². The maximum Gasteiger partial charge on any atom is 0.240 e. The molecule has 0 spiro atoms. The number of nitrogens with zero attached hydrogens (tertiary/aromatic N) is 3. The lowest BCUT2D eigenvalue weighted by Gasteiger charge is -2.33. The summed E-state index contributed by atoms with van der Waals surface area (Å²) < 4.78 is 7.52. The number of hydrogen-bond donors (Lipinski definition) is 2. The number of thioether (sulfide) groups is 1. The molecule has 0 fully saturated rings. The van der Waals surface area contributed by atoms with Crippen LogP contribution in [0.3, 0.4) is 0 Å². The average Bonchev–Trinajstić information content (AvgIpc) is 3.19. The predicted molar refractivity (Wildman–Crippen MR) is 128 cm³/mol. The van der Waals surface area contributed by atoms with Crippen LogP contribution in [0, 0.1) is 13.8 Å². The van der Waals surface area contributed by atoms with Crippen molar-refractivity contribution in [2.75, 3.05) is 17.3 Å². The van der Waals surface area contributed by atoms with E-state index in [4.69, 9.17) is 4.74 Å². The molecule has 2 heterocycles. The molecule has 2 N–H and O–H groups in total. The van der Waals surface area contributed by atoms with Gasteiger partial charge in [0.2, 0.25) is 11.1 Å². The molecule has 3 aromatic rings. The van der Waals surface area contributed by atoms with Gasteiger partial charge in [0.05, 0.1) is 12.6 Å². The molecule has 1 aliphatic heterocycles. The van der Waals surface area contributed by atoms with E-state index in [-0.39, 0.29) is 11.9 Å². The fourth-order valence-corrected chi connectivity index (χ4v) is 4.86. The van der Waals surface area contributed by atoms with Crippen molar-refractivity contribution < 1.29 is 9.53 Å². The van der Waals surface area contributed by atoms with Crippen LogP contribution in [0.5, 0.6) is 5.75 Å². The van der Waals surface area contributed by atoms with Gasteiger partial charge in [0.15, 0.2) is 5.82 Å². The Morgan fingerprint density at radius 1 is 1.16 bits per heavy atom. The molecule has 4 rings (SSSR count). The molecular formula is C24H29N5O2S. The second-order valence-electron chi connectivity index (χ2n) is 7.87. The topological polar surface area (TPSA) is 81.1 Å². The summed E-state index contributed by atoms with van der Waals surface area (Å²) in [5.41, 5.74) is 7.56. The molecule has 0 radical (unpaired) electrons. The molecule has 0 aliphatic carbocycles. The van der Waals surface area contributed by atoms with Gasteiger partial charge in [-0.1, -0.05) is 43.0 Å². The van der Waals surface area contributed by atoms with Crippen LogP contribution in [0.25, 0.3) is 0 Å². The lowest BCUT2D eigenvalue weighted by Crippen LogP contribution is -2.41. The molecule has 168 valence electrons. The highest BCUT2D eigenvalue weighted by molar-refractivity contribution is 8.00. The van der Waals surface area contributed by atoms with E-state index >= 15 is 0 Å². The molecule has 1 amide bonds. The first-order valence-corrected chi connectivity index (χ1v) is 11.9. The van der Waals surface area contributed by atoms with Gasteiger partial charge in [0.25, 0.3) is 0 Å². The molecular weight excluding hydrogens is 422 g/mol. The average molecular weight is 452 g/mol. The number of rotatable bonds is 7. The number of aryl methyl sites for hydroxylation is 2. The van der Waals surface area contributed by atoms with Crippen molar-refractivity contribution in [3.63, 3.8) is 0 Å². The SMILES string of the molecule is CCCc1nnc2n1N[C@H](c1ccc(OCC)cc1)[C@@H](C(=O)Nc1cccc(C)c1C)S2. The number of ether oxygens (including phenoxy) is 1. The molecule has 2 aromatic carbocycles. The summed E-state index contributed by atoms with van der Waals surface area (Å²) in [5.74, 6) is 1.62. The van der Waals surface area contributed by atoms with Crippen LogP contribution in [-0.4, -0.2) is 32.6 Å². The van der Waals surface area contributed by atoms with Crippen LogP contribution in [0.15, 0.2) is 47.6 Å². The second kappa shape index (κ2) is 9.65. The maximum atomic E-state index is 13.5. The second-order valence-corrected chi connectivity index (χ2v) is 8.98. The third kappa shape index (κ3) is 4.46. The summed E-state index contributed by atoms with van der Waals surface area (Å²) in [7, 11) is 0. The van der Waals surface area contributed by atoms with Crippen LogP contribution < -0.4 is 15.5 Å². The summed E-state index contributed by atoms with van der Waals surface area (Å²) in [6.07, 6.45) is 1.78. The number of aromatic nitrogens is 3. The Kier molecular flexibility index (Phi) is 6.69. The van der Waals surface area contributed by atoms with E-state index in [9.17, 15) is 4.79 Å².